The van der Waals surface area contributed by atoms with Crippen LogP contribution in [0, 0.1) is 19.8 Å². The van der Waals surface area contributed by atoms with E-state index in [4.69, 9.17) is 9.47 Å². The number of carbonyl (C=O) groups excluding carboxylic acids is 2. The van der Waals surface area contributed by atoms with Gasteiger partial charge >= 0.3 is 0 Å². The summed E-state index contributed by atoms with van der Waals surface area (Å²) in [5.74, 6) is 0.786. The van der Waals surface area contributed by atoms with Gasteiger partial charge in [0.15, 0.2) is 11.5 Å². The molecule has 2 aromatic carbocycles. The van der Waals surface area contributed by atoms with Gasteiger partial charge in [0.05, 0.1) is 17.3 Å². The minimum absolute atomic E-state index is 0.0437. The van der Waals surface area contributed by atoms with Gasteiger partial charge in [-0.2, -0.15) is 5.10 Å². The second-order valence-corrected chi connectivity index (χ2v) is 8.53. The first-order valence-corrected chi connectivity index (χ1v) is 11.0. The molecule has 2 amide bonds. The van der Waals surface area contributed by atoms with Gasteiger partial charge in [0, 0.05) is 49.6 Å². The first kappa shape index (κ1) is 21.1. The Balaban J connectivity index is 1.30. The Kier molecular flexibility index (Phi) is 5.28. The number of aromatic nitrogens is 2. The molecule has 2 aliphatic heterocycles. The van der Waals surface area contributed by atoms with Crippen molar-refractivity contribution in [3.8, 4) is 17.2 Å². The molecular formula is C25H26N4O4. The molecule has 1 atom stereocenters. The van der Waals surface area contributed by atoms with E-state index < -0.39 is 5.92 Å². The summed E-state index contributed by atoms with van der Waals surface area (Å²) in [5, 5.41) is 4.68. The summed E-state index contributed by atoms with van der Waals surface area (Å²) in [6.07, 6.45) is 0.193. The molecule has 0 aliphatic carbocycles. The van der Waals surface area contributed by atoms with E-state index in [1.54, 1.807) is 29.0 Å². The van der Waals surface area contributed by atoms with Crippen molar-refractivity contribution in [3.63, 3.8) is 0 Å². The Bertz CT molecular complexity index is 1220. The third-order valence-electron chi connectivity index (χ3n) is 6.36. The highest BCUT2D eigenvalue weighted by Crippen LogP contribution is 2.37. The molecule has 1 fully saturated rings. The smallest absolute Gasteiger partial charge is 0.231 e. The maximum Gasteiger partial charge on any atom is 0.231 e. The summed E-state index contributed by atoms with van der Waals surface area (Å²) >= 11 is 0. The van der Waals surface area contributed by atoms with Crippen molar-refractivity contribution in [1.29, 1.82) is 0 Å². The third-order valence-corrected chi connectivity index (χ3v) is 6.36. The van der Waals surface area contributed by atoms with Gasteiger partial charge in [0.2, 0.25) is 18.6 Å². The van der Waals surface area contributed by atoms with Crippen molar-refractivity contribution in [3.05, 3.63) is 65.5 Å². The fourth-order valence-corrected chi connectivity index (χ4v) is 4.53. The number of hydrogen-bond donors (Lipinski definition) is 0. The molecule has 0 spiro atoms. The van der Waals surface area contributed by atoms with Crippen LogP contribution in [0.5, 0.6) is 11.5 Å². The molecule has 33 heavy (non-hydrogen) atoms. The summed E-state index contributed by atoms with van der Waals surface area (Å²) < 4.78 is 12.7. The zero-order chi connectivity index (χ0) is 23.1. The average Bonchev–Trinajstić information content (AvgIpc) is 3.52. The molecule has 3 heterocycles. The largest absolute Gasteiger partial charge is 0.454 e. The Labute approximate surface area is 192 Å². The number of carbonyl (C=O) groups is 2. The van der Waals surface area contributed by atoms with Crippen molar-refractivity contribution in [2.45, 2.75) is 26.8 Å². The molecule has 0 saturated carbocycles. The Hall–Kier alpha value is -3.81. The number of nitrogens with zero attached hydrogens (tertiary/aromatic N) is 4. The molecule has 1 saturated heterocycles. The number of rotatable bonds is 5. The van der Waals surface area contributed by atoms with Crippen LogP contribution in [-0.2, 0) is 16.1 Å². The standard InChI is InChI=1S/C25H26N4O4/c1-16-21(17(2)29(26-16)19-7-5-4-6-8-19)14-27(3)25(31)18-11-24(30)28(13-18)20-9-10-22-23(12-20)33-15-32-22/h4-10,12,18H,11,13-15H2,1-3H3. The summed E-state index contributed by atoms with van der Waals surface area (Å²) in [7, 11) is 1.79. The van der Waals surface area contributed by atoms with Crippen LogP contribution in [0.2, 0.25) is 0 Å². The second kappa shape index (κ2) is 8.27. The van der Waals surface area contributed by atoms with Crippen LogP contribution in [0.3, 0.4) is 0 Å². The first-order chi connectivity index (χ1) is 15.9. The first-order valence-electron chi connectivity index (χ1n) is 11.0. The van der Waals surface area contributed by atoms with Gasteiger partial charge < -0.3 is 19.3 Å². The van der Waals surface area contributed by atoms with Gasteiger partial charge in [-0.15, -0.1) is 0 Å². The van der Waals surface area contributed by atoms with Gasteiger partial charge in [0.25, 0.3) is 0 Å². The lowest BCUT2D eigenvalue weighted by Gasteiger charge is -2.22. The number of para-hydroxylation sites is 1. The van der Waals surface area contributed by atoms with E-state index >= 15 is 0 Å². The Morgan fingerprint density at radius 2 is 1.85 bits per heavy atom. The highest BCUT2D eigenvalue weighted by Gasteiger charge is 2.37. The number of benzene rings is 2. The molecule has 1 aromatic heterocycles. The predicted molar refractivity (Wildman–Crippen MR) is 123 cm³/mol. The topological polar surface area (TPSA) is 76.9 Å². The number of amides is 2. The Morgan fingerprint density at radius 1 is 1.09 bits per heavy atom. The molecule has 0 bridgehead atoms. The molecular weight excluding hydrogens is 420 g/mol. The monoisotopic (exact) mass is 446 g/mol. The number of anilines is 1. The van der Waals surface area contributed by atoms with Crippen LogP contribution in [0.4, 0.5) is 5.69 Å². The molecule has 8 nitrogen and oxygen atoms in total. The van der Waals surface area contributed by atoms with Crippen LogP contribution in [0.1, 0.15) is 23.4 Å². The molecule has 0 radical (unpaired) electrons. The molecule has 5 rings (SSSR count). The van der Waals surface area contributed by atoms with Crippen molar-refractivity contribution < 1.29 is 19.1 Å². The van der Waals surface area contributed by atoms with Crippen LogP contribution in [0.15, 0.2) is 48.5 Å². The summed E-state index contributed by atoms with van der Waals surface area (Å²) in [6, 6.07) is 15.3. The minimum Gasteiger partial charge on any atom is -0.454 e. The lowest BCUT2D eigenvalue weighted by molar-refractivity contribution is -0.135. The predicted octanol–water partition coefficient (Wildman–Crippen LogP) is 3.23. The third kappa shape index (κ3) is 3.82. The van der Waals surface area contributed by atoms with Crippen molar-refractivity contribution in [2.75, 3.05) is 25.3 Å². The lowest BCUT2D eigenvalue weighted by atomic mass is 10.1. The van der Waals surface area contributed by atoms with Crippen LogP contribution in [-0.4, -0.2) is 46.9 Å². The van der Waals surface area contributed by atoms with E-state index in [9.17, 15) is 9.59 Å². The quantitative estimate of drug-likeness (QED) is 0.602. The summed E-state index contributed by atoms with van der Waals surface area (Å²) in [4.78, 5) is 29.3. The molecule has 8 heteroatoms. The SMILES string of the molecule is Cc1nn(-c2ccccc2)c(C)c1CN(C)C(=O)C1CC(=O)N(c2ccc3c(c2)OCO3)C1. The lowest BCUT2D eigenvalue weighted by Crippen LogP contribution is -2.34. The number of aryl methyl sites for hydroxylation is 1. The van der Waals surface area contributed by atoms with E-state index in [0.29, 0.717) is 24.6 Å². The zero-order valence-corrected chi connectivity index (χ0v) is 18.9. The molecule has 170 valence electrons. The second-order valence-electron chi connectivity index (χ2n) is 8.53. The number of ether oxygens (including phenoxy) is 2. The van der Waals surface area contributed by atoms with Gasteiger partial charge in [-0.05, 0) is 38.1 Å². The Morgan fingerprint density at radius 3 is 2.64 bits per heavy atom. The average molecular weight is 447 g/mol. The number of hydrogen-bond acceptors (Lipinski definition) is 5. The molecule has 2 aliphatic rings. The molecule has 0 N–H and O–H groups in total. The van der Waals surface area contributed by atoms with Gasteiger partial charge in [0.1, 0.15) is 0 Å². The fraction of sp³-hybridized carbons (Fsp3) is 0.320. The van der Waals surface area contributed by atoms with Crippen molar-refractivity contribution in [2.24, 2.45) is 5.92 Å². The van der Waals surface area contributed by atoms with Crippen LogP contribution >= 0.6 is 0 Å². The van der Waals surface area contributed by atoms with Crippen molar-refractivity contribution in [1.82, 2.24) is 14.7 Å². The maximum atomic E-state index is 13.2. The fourth-order valence-electron chi connectivity index (χ4n) is 4.53. The van der Waals surface area contributed by atoms with E-state index in [0.717, 1.165) is 28.3 Å². The van der Waals surface area contributed by atoms with Crippen molar-refractivity contribution >= 4 is 17.5 Å². The maximum absolute atomic E-state index is 13.2. The van der Waals surface area contributed by atoms with Crippen LogP contribution < -0.4 is 14.4 Å². The molecule has 3 aromatic rings. The summed E-state index contributed by atoms with van der Waals surface area (Å²) in [5.41, 5.74) is 4.62. The highest BCUT2D eigenvalue weighted by molar-refractivity contribution is 6.00. The molecule has 1 unspecified atom stereocenters. The van der Waals surface area contributed by atoms with Gasteiger partial charge in [-0.1, -0.05) is 18.2 Å². The summed E-state index contributed by atoms with van der Waals surface area (Å²) in [6.45, 7) is 4.95. The van der Waals surface area contributed by atoms with E-state index in [-0.39, 0.29) is 25.0 Å². The normalized spacial score (nSPS) is 17.0. The van der Waals surface area contributed by atoms with Crippen LogP contribution in [0.25, 0.3) is 5.69 Å². The van der Waals surface area contributed by atoms with E-state index in [2.05, 4.69) is 5.10 Å². The highest BCUT2D eigenvalue weighted by atomic mass is 16.7. The minimum atomic E-state index is -0.391. The van der Waals surface area contributed by atoms with E-state index in [1.165, 1.54) is 0 Å². The van der Waals surface area contributed by atoms with Gasteiger partial charge in [-0.25, -0.2) is 4.68 Å². The number of fused-ring (bicyclic) bond motifs is 1. The van der Waals surface area contributed by atoms with E-state index in [1.807, 2.05) is 54.9 Å². The van der Waals surface area contributed by atoms with Gasteiger partial charge in [-0.3, -0.25) is 9.59 Å². The zero-order valence-electron chi connectivity index (χ0n) is 18.9.